The summed E-state index contributed by atoms with van der Waals surface area (Å²) in [4.78, 5) is 13.5. The van der Waals surface area contributed by atoms with Crippen LogP contribution in [0.15, 0.2) is 0 Å². The van der Waals surface area contributed by atoms with Gasteiger partial charge in [0.05, 0.1) is 0 Å². The zero-order chi connectivity index (χ0) is 10.1. The van der Waals surface area contributed by atoms with E-state index in [1.807, 2.05) is 0 Å². The van der Waals surface area contributed by atoms with Gasteiger partial charge in [-0.3, -0.25) is 9.69 Å². The zero-order valence-corrected chi connectivity index (χ0v) is 9.03. The predicted molar refractivity (Wildman–Crippen MR) is 54.0 cm³/mol. The first-order valence-corrected chi connectivity index (χ1v) is 5.65. The van der Waals surface area contributed by atoms with Crippen LogP contribution in [0.1, 0.15) is 39.5 Å². The molecule has 0 unspecified atom stereocenters. The maximum Gasteiger partial charge on any atom is 0.302 e. The first-order valence-electron chi connectivity index (χ1n) is 5.65. The number of hydrogen-bond acceptors (Lipinski definition) is 3. The molecule has 0 aromatic heterocycles. The lowest BCUT2D eigenvalue weighted by Crippen LogP contribution is -2.42. The van der Waals surface area contributed by atoms with Gasteiger partial charge in [0, 0.05) is 25.4 Å². The molecule has 2 saturated heterocycles. The highest BCUT2D eigenvalue weighted by Crippen LogP contribution is 2.36. The molecule has 3 heteroatoms. The number of ether oxygens (including phenoxy) is 1. The Kier molecular flexibility index (Phi) is 2.77. The van der Waals surface area contributed by atoms with Gasteiger partial charge in [0.1, 0.15) is 6.10 Å². The average Bonchev–Trinajstić information content (AvgIpc) is 2.31. The van der Waals surface area contributed by atoms with E-state index in [9.17, 15) is 4.79 Å². The molecule has 2 heterocycles. The van der Waals surface area contributed by atoms with E-state index in [0.717, 1.165) is 13.0 Å². The molecule has 80 valence electrons. The van der Waals surface area contributed by atoms with Crippen LogP contribution in [0.25, 0.3) is 0 Å². The van der Waals surface area contributed by atoms with Crippen LogP contribution >= 0.6 is 0 Å². The van der Waals surface area contributed by atoms with Gasteiger partial charge in [0.15, 0.2) is 0 Å². The van der Waals surface area contributed by atoms with Crippen LogP contribution in [0, 0.1) is 0 Å². The second-order valence-electron chi connectivity index (χ2n) is 4.37. The second kappa shape index (κ2) is 3.89. The summed E-state index contributed by atoms with van der Waals surface area (Å²) in [5.41, 5.74) is 0. The van der Waals surface area contributed by atoms with Gasteiger partial charge in [-0.25, -0.2) is 0 Å². The summed E-state index contributed by atoms with van der Waals surface area (Å²) < 4.78 is 5.38. The van der Waals surface area contributed by atoms with E-state index in [0.29, 0.717) is 12.1 Å². The molecule has 2 bridgehead atoms. The fourth-order valence-electron chi connectivity index (χ4n) is 3.08. The summed E-state index contributed by atoms with van der Waals surface area (Å²) in [6, 6.07) is 1.17. The van der Waals surface area contributed by atoms with Gasteiger partial charge >= 0.3 is 5.97 Å². The summed E-state index contributed by atoms with van der Waals surface area (Å²) in [6.07, 6.45) is 4.99. The van der Waals surface area contributed by atoms with E-state index in [-0.39, 0.29) is 12.1 Å². The molecule has 2 aliphatic heterocycles. The number of carbonyl (C=O) groups is 1. The van der Waals surface area contributed by atoms with Crippen molar-refractivity contribution in [2.75, 3.05) is 6.54 Å². The van der Waals surface area contributed by atoms with Crippen molar-refractivity contribution in [3.05, 3.63) is 0 Å². The third kappa shape index (κ3) is 1.65. The number of carbonyl (C=O) groups excluding carboxylic acids is 1. The normalized spacial score (nSPS) is 37.1. The molecule has 0 radical (unpaired) electrons. The van der Waals surface area contributed by atoms with Gasteiger partial charge in [0.25, 0.3) is 0 Å². The van der Waals surface area contributed by atoms with Crippen LogP contribution in [0.4, 0.5) is 0 Å². The van der Waals surface area contributed by atoms with Gasteiger partial charge in [-0.05, 0) is 19.4 Å². The topological polar surface area (TPSA) is 29.5 Å². The minimum absolute atomic E-state index is 0.126. The fraction of sp³-hybridized carbons (Fsp3) is 0.909. The maximum atomic E-state index is 10.9. The van der Waals surface area contributed by atoms with E-state index in [4.69, 9.17) is 4.74 Å². The molecule has 0 N–H and O–H groups in total. The van der Waals surface area contributed by atoms with Crippen molar-refractivity contribution in [1.82, 2.24) is 4.90 Å². The molecule has 0 saturated carbocycles. The van der Waals surface area contributed by atoms with Crippen LogP contribution in [0.5, 0.6) is 0 Å². The first kappa shape index (κ1) is 9.97. The lowest BCUT2D eigenvalue weighted by Gasteiger charge is -2.34. The van der Waals surface area contributed by atoms with Crippen LogP contribution in [-0.2, 0) is 9.53 Å². The van der Waals surface area contributed by atoms with Crippen molar-refractivity contribution in [2.24, 2.45) is 0 Å². The van der Waals surface area contributed by atoms with E-state index in [1.54, 1.807) is 0 Å². The molecule has 2 rings (SSSR count). The van der Waals surface area contributed by atoms with Crippen molar-refractivity contribution in [1.29, 1.82) is 0 Å². The summed E-state index contributed by atoms with van der Waals surface area (Å²) in [5.74, 6) is -0.126. The molecule has 14 heavy (non-hydrogen) atoms. The van der Waals surface area contributed by atoms with Crippen molar-refractivity contribution in [2.45, 2.75) is 57.7 Å². The standard InChI is InChI=1S/C11H19NO2/c1-3-12-9-5-4-6-10(12)11(7-9)14-8(2)13/h9-11H,3-7H2,1-2H3/t9-,10+,11-/m0/s1. The molecule has 0 amide bonds. The van der Waals surface area contributed by atoms with Crippen molar-refractivity contribution in [3.8, 4) is 0 Å². The molecule has 0 spiro atoms. The van der Waals surface area contributed by atoms with Crippen molar-refractivity contribution in [3.63, 3.8) is 0 Å². The Morgan fingerprint density at radius 2 is 2.29 bits per heavy atom. The van der Waals surface area contributed by atoms with Crippen LogP contribution < -0.4 is 0 Å². The Balaban J connectivity index is 2.04. The summed E-state index contributed by atoms with van der Waals surface area (Å²) in [6.45, 7) is 4.80. The average molecular weight is 197 g/mol. The number of rotatable bonds is 2. The molecular formula is C11H19NO2. The largest absolute Gasteiger partial charge is 0.461 e. The third-order valence-corrected chi connectivity index (χ3v) is 3.55. The van der Waals surface area contributed by atoms with Crippen LogP contribution in [-0.4, -0.2) is 35.6 Å². The molecule has 3 atom stereocenters. The van der Waals surface area contributed by atoms with Crippen molar-refractivity contribution >= 4 is 5.97 Å². The Labute approximate surface area is 85.4 Å². The minimum atomic E-state index is -0.126. The molecule has 0 aliphatic carbocycles. The Bertz CT molecular complexity index is 229. The van der Waals surface area contributed by atoms with Gasteiger partial charge in [-0.15, -0.1) is 0 Å². The highest BCUT2D eigenvalue weighted by Gasteiger charge is 2.44. The van der Waals surface area contributed by atoms with Gasteiger partial charge in [0.2, 0.25) is 0 Å². The molecule has 2 fully saturated rings. The molecule has 2 aliphatic rings. The molecule has 3 nitrogen and oxygen atoms in total. The lowest BCUT2D eigenvalue weighted by molar-refractivity contribution is -0.147. The molecule has 0 aromatic carbocycles. The quantitative estimate of drug-likeness (QED) is 0.629. The van der Waals surface area contributed by atoms with Crippen molar-refractivity contribution < 1.29 is 9.53 Å². The zero-order valence-electron chi connectivity index (χ0n) is 9.03. The minimum Gasteiger partial charge on any atom is -0.461 e. The van der Waals surface area contributed by atoms with Gasteiger partial charge in [-0.2, -0.15) is 0 Å². The fourth-order valence-corrected chi connectivity index (χ4v) is 3.08. The van der Waals surface area contributed by atoms with E-state index in [2.05, 4.69) is 11.8 Å². The number of likely N-dealkylation sites (N-methyl/N-ethyl adjacent to an activating group) is 1. The van der Waals surface area contributed by atoms with Gasteiger partial charge < -0.3 is 4.74 Å². The monoisotopic (exact) mass is 197 g/mol. The number of nitrogens with zero attached hydrogens (tertiary/aromatic N) is 1. The number of piperidine rings is 1. The second-order valence-corrected chi connectivity index (χ2v) is 4.37. The Hall–Kier alpha value is -0.570. The maximum absolute atomic E-state index is 10.9. The van der Waals surface area contributed by atoms with Gasteiger partial charge in [-0.1, -0.05) is 13.3 Å². The number of fused-ring (bicyclic) bond motifs is 2. The van der Waals surface area contributed by atoms with Crippen LogP contribution in [0.2, 0.25) is 0 Å². The Morgan fingerprint density at radius 3 is 2.86 bits per heavy atom. The van der Waals surface area contributed by atoms with E-state index >= 15 is 0 Å². The summed E-state index contributed by atoms with van der Waals surface area (Å²) in [7, 11) is 0. The SMILES string of the molecule is CCN1[C@H]2CCC[C@@H]1[C@@H](OC(C)=O)C2. The molecule has 0 aromatic rings. The summed E-state index contributed by atoms with van der Waals surface area (Å²) >= 11 is 0. The van der Waals surface area contributed by atoms with E-state index < -0.39 is 0 Å². The third-order valence-electron chi connectivity index (χ3n) is 3.55. The Morgan fingerprint density at radius 1 is 1.50 bits per heavy atom. The van der Waals surface area contributed by atoms with E-state index in [1.165, 1.54) is 26.2 Å². The summed E-state index contributed by atoms with van der Waals surface area (Å²) in [5, 5.41) is 0. The molecular weight excluding hydrogens is 178 g/mol. The smallest absolute Gasteiger partial charge is 0.302 e. The first-order chi connectivity index (χ1) is 6.72. The lowest BCUT2D eigenvalue weighted by atomic mass is 10.0. The predicted octanol–water partition coefficient (Wildman–Crippen LogP) is 1.56. The highest BCUT2D eigenvalue weighted by atomic mass is 16.5. The van der Waals surface area contributed by atoms with Crippen LogP contribution in [0.3, 0.4) is 0 Å². The number of hydrogen-bond donors (Lipinski definition) is 0. The highest BCUT2D eigenvalue weighted by molar-refractivity contribution is 5.66. The number of esters is 1.